The van der Waals surface area contributed by atoms with E-state index < -0.39 is 7.05 Å². The third kappa shape index (κ3) is 2.43. The predicted molar refractivity (Wildman–Crippen MR) is 53.6 cm³/mol. The maximum absolute atomic E-state index is 9.03. The summed E-state index contributed by atoms with van der Waals surface area (Å²) in [5.41, 5.74) is 1.87. The Morgan fingerprint density at radius 1 is 1.50 bits per heavy atom. The van der Waals surface area contributed by atoms with Crippen LogP contribution in [0.25, 0.3) is 0 Å². The highest BCUT2D eigenvalue weighted by atomic mass is 35.5. The molecule has 4 heteroatoms. The Kier molecular flexibility index (Phi) is 3.01. The molecule has 0 aliphatic heterocycles. The zero-order valence-corrected chi connectivity index (χ0v) is 7.89. The highest BCUT2D eigenvalue weighted by molar-refractivity contribution is 6.53. The topological polar surface area (TPSA) is 32.3 Å². The Hall–Kier alpha value is -0.665. The van der Waals surface area contributed by atoms with Crippen molar-refractivity contribution in [2.75, 3.05) is 5.23 Å². The second-order valence-electron chi connectivity index (χ2n) is 2.80. The molecule has 0 saturated heterocycles. The van der Waals surface area contributed by atoms with E-state index in [1.54, 1.807) is 6.82 Å². The molecule has 0 aliphatic rings. The van der Waals surface area contributed by atoms with Gasteiger partial charge in [-0.3, -0.25) is 0 Å². The van der Waals surface area contributed by atoms with Crippen LogP contribution in [0.2, 0.25) is 11.8 Å². The monoisotopic (exact) mass is 183 g/mol. The van der Waals surface area contributed by atoms with Crippen LogP contribution in [0.4, 0.5) is 5.69 Å². The molecule has 1 aromatic carbocycles. The Labute approximate surface area is 77.7 Å². The van der Waals surface area contributed by atoms with Gasteiger partial charge >= 0.3 is 7.05 Å². The third-order valence-corrected chi connectivity index (χ3v) is 1.80. The van der Waals surface area contributed by atoms with Crippen LogP contribution in [0.1, 0.15) is 5.56 Å². The van der Waals surface area contributed by atoms with Crippen LogP contribution in [-0.4, -0.2) is 12.1 Å². The maximum Gasteiger partial charge on any atom is 0.406 e. The average Bonchev–Trinajstić information content (AvgIpc) is 1.94. The first-order chi connectivity index (χ1) is 5.59. The molecule has 1 rings (SSSR count). The van der Waals surface area contributed by atoms with E-state index in [1.807, 2.05) is 25.1 Å². The van der Waals surface area contributed by atoms with Gasteiger partial charge in [-0.05, 0) is 31.4 Å². The first kappa shape index (κ1) is 9.42. The summed E-state index contributed by atoms with van der Waals surface area (Å²) >= 11 is 5.90. The SMILES string of the molecule is CB(O)Nc1ccc(C)cc1Cl. The maximum atomic E-state index is 9.03. The lowest BCUT2D eigenvalue weighted by Crippen LogP contribution is -2.19. The standard InChI is InChI=1S/C8H11BClNO/c1-6-3-4-8(7(10)5-6)11-9(2)12/h3-5,11-12H,1-2H3. The smallest absolute Gasteiger partial charge is 0.406 e. The number of aryl methyl sites for hydroxylation is 1. The Morgan fingerprint density at radius 2 is 2.17 bits per heavy atom. The van der Waals surface area contributed by atoms with Gasteiger partial charge in [0.15, 0.2) is 0 Å². The van der Waals surface area contributed by atoms with Gasteiger partial charge in [0.1, 0.15) is 0 Å². The number of rotatable bonds is 2. The van der Waals surface area contributed by atoms with Crippen LogP contribution < -0.4 is 5.23 Å². The number of hydrogen-bond donors (Lipinski definition) is 2. The Balaban J connectivity index is 2.86. The molecule has 0 atom stereocenters. The lowest BCUT2D eigenvalue weighted by Gasteiger charge is -2.08. The van der Waals surface area contributed by atoms with E-state index in [1.165, 1.54) is 0 Å². The normalized spacial score (nSPS) is 9.67. The number of benzene rings is 1. The number of anilines is 1. The average molecular weight is 183 g/mol. The molecule has 2 nitrogen and oxygen atoms in total. The number of nitrogens with one attached hydrogen (secondary N) is 1. The molecule has 64 valence electrons. The Morgan fingerprint density at radius 3 is 2.67 bits per heavy atom. The van der Waals surface area contributed by atoms with Crippen LogP contribution in [0.5, 0.6) is 0 Å². The highest BCUT2D eigenvalue weighted by Crippen LogP contribution is 2.22. The molecule has 0 fully saturated rings. The first-order valence-electron chi connectivity index (χ1n) is 3.80. The van der Waals surface area contributed by atoms with Crippen molar-refractivity contribution in [2.24, 2.45) is 0 Å². The summed E-state index contributed by atoms with van der Waals surface area (Å²) in [6, 6.07) is 5.65. The van der Waals surface area contributed by atoms with Crippen LogP contribution in [0, 0.1) is 6.92 Å². The Bertz CT molecular complexity index is 278. The molecule has 0 aromatic heterocycles. The van der Waals surface area contributed by atoms with Crippen molar-refractivity contribution in [3.05, 3.63) is 28.8 Å². The van der Waals surface area contributed by atoms with E-state index in [9.17, 15) is 0 Å². The van der Waals surface area contributed by atoms with E-state index in [0.29, 0.717) is 5.02 Å². The summed E-state index contributed by atoms with van der Waals surface area (Å²) in [6.45, 7) is 3.62. The van der Waals surface area contributed by atoms with Gasteiger partial charge in [0, 0.05) is 5.69 Å². The van der Waals surface area contributed by atoms with Gasteiger partial charge in [-0.25, -0.2) is 0 Å². The molecule has 2 N–H and O–H groups in total. The van der Waals surface area contributed by atoms with Crippen LogP contribution in [0.3, 0.4) is 0 Å². The van der Waals surface area contributed by atoms with Crippen molar-refractivity contribution in [3.8, 4) is 0 Å². The third-order valence-electron chi connectivity index (χ3n) is 1.49. The van der Waals surface area contributed by atoms with Crippen LogP contribution in [0.15, 0.2) is 18.2 Å². The lowest BCUT2D eigenvalue weighted by molar-refractivity contribution is 0.587. The molecular weight excluding hydrogens is 172 g/mol. The first-order valence-corrected chi connectivity index (χ1v) is 4.18. The fraction of sp³-hybridized carbons (Fsp3) is 0.250. The molecule has 1 aromatic rings. The molecule has 0 radical (unpaired) electrons. The van der Waals surface area contributed by atoms with Crippen molar-refractivity contribution in [3.63, 3.8) is 0 Å². The number of hydrogen-bond acceptors (Lipinski definition) is 2. The second-order valence-corrected chi connectivity index (χ2v) is 3.21. The van der Waals surface area contributed by atoms with Crippen molar-refractivity contribution >= 4 is 24.3 Å². The zero-order valence-electron chi connectivity index (χ0n) is 7.13. The molecule has 0 heterocycles. The van der Waals surface area contributed by atoms with Crippen LogP contribution >= 0.6 is 11.6 Å². The van der Waals surface area contributed by atoms with E-state index >= 15 is 0 Å². The lowest BCUT2D eigenvalue weighted by atomic mass is 9.88. The largest absolute Gasteiger partial charge is 0.433 e. The van der Waals surface area contributed by atoms with Gasteiger partial charge in [0.2, 0.25) is 0 Å². The quantitative estimate of drug-likeness (QED) is 0.689. The van der Waals surface area contributed by atoms with E-state index in [-0.39, 0.29) is 0 Å². The minimum Gasteiger partial charge on any atom is -0.433 e. The molecule has 0 spiro atoms. The van der Waals surface area contributed by atoms with E-state index in [4.69, 9.17) is 16.6 Å². The van der Waals surface area contributed by atoms with Crippen molar-refractivity contribution in [1.82, 2.24) is 0 Å². The molecule has 0 saturated carbocycles. The second kappa shape index (κ2) is 3.83. The van der Waals surface area contributed by atoms with Gasteiger partial charge in [0.05, 0.1) is 5.02 Å². The molecule has 0 unspecified atom stereocenters. The zero-order chi connectivity index (χ0) is 9.14. The van der Waals surface area contributed by atoms with Crippen LogP contribution in [-0.2, 0) is 0 Å². The molecule has 0 amide bonds. The van der Waals surface area contributed by atoms with Gasteiger partial charge in [-0.1, -0.05) is 17.7 Å². The summed E-state index contributed by atoms with van der Waals surface area (Å²) in [5.74, 6) is 0. The molecule has 12 heavy (non-hydrogen) atoms. The fourth-order valence-electron chi connectivity index (χ4n) is 0.962. The van der Waals surface area contributed by atoms with Gasteiger partial charge < -0.3 is 10.3 Å². The number of halogens is 1. The summed E-state index contributed by atoms with van der Waals surface area (Å²) in [4.78, 5) is 0. The van der Waals surface area contributed by atoms with E-state index in [2.05, 4.69) is 5.23 Å². The summed E-state index contributed by atoms with van der Waals surface area (Å²) in [7, 11) is -0.579. The van der Waals surface area contributed by atoms with Gasteiger partial charge in [-0.15, -0.1) is 0 Å². The summed E-state index contributed by atoms with van der Waals surface area (Å²) in [5, 5.41) is 12.5. The minimum absolute atomic E-state index is 0.579. The summed E-state index contributed by atoms with van der Waals surface area (Å²) < 4.78 is 0. The molecule has 0 aliphatic carbocycles. The molecule has 0 bridgehead atoms. The van der Waals surface area contributed by atoms with Gasteiger partial charge in [0.25, 0.3) is 0 Å². The minimum atomic E-state index is -0.579. The van der Waals surface area contributed by atoms with Crippen molar-refractivity contribution in [1.29, 1.82) is 0 Å². The fourth-order valence-corrected chi connectivity index (χ4v) is 1.25. The predicted octanol–water partition coefficient (Wildman–Crippen LogP) is 2.17. The van der Waals surface area contributed by atoms with E-state index in [0.717, 1.165) is 11.3 Å². The highest BCUT2D eigenvalue weighted by Gasteiger charge is 2.05. The van der Waals surface area contributed by atoms with Crippen molar-refractivity contribution < 1.29 is 5.02 Å². The van der Waals surface area contributed by atoms with Gasteiger partial charge in [-0.2, -0.15) is 0 Å². The molecular formula is C8H11BClNO. The summed E-state index contributed by atoms with van der Waals surface area (Å²) in [6.07, 6.45) is 0. The van der Waals surface area contributed by atoms with Crippen molar-refractivity contribution in [2.45, 2.75) is 13.7 Å².